The third kappa shape index (κ3) is 6.06. The molecular weight excluding hydrogens is 458 g/mol. The molecule has 2 aromatic heterocycles. The Morgan fingerprint density at radius 1 is 1.15 bits per heavy atom. The number of nitrogens with two attached hydrogens (primary N) is 1. The third-order valence-corrected chi connectivity index (χ3v) is 7.33. The Bertz CT molecular complexity index is 1120. The number of nitrogen functional groups attached to an aromatic ring is 1. The van der Waals surface area contributed by atoms with Crippen LogP contribution in [0.5, 0.6) is 0 Å². The van der Waals surface area contributed by atoms with Gasteiger partial charge in [-0.3, -0.25) is 10.1 Å². The minimum absolute atomic E-state index is 0.0188. The molecule has 33 heavy (non-hydrogen) atoms. The van der Waals surface area contributed by atoms with E-state index in [1.807, 2.05) is 29.6 Å². The number of hydrogen-bond acceptors (Lipinski definition) is 8. The molecule has 0 unspecified atom stereocenters. The molecule has 1 saturated heterocycles. The van der Waals surface area contributed by atoms with Crippen molar-refractivity contribution in [3.8, 4) is 21.1 Å². The summed E-state index contributed by atoms with van der Waals surface area (Å²) in [6.45, 7) is 2.97. The van der Waals surface area contributed by atoms with Crippen LogP contribution in [0, 0.1) is 0 Å². The van der Waals surface area contributed by atoms with Gasteiger partial charge in [-0.05, 0) is 38.1 Å². The predicted octanol–water partition coefficient (Wildman–Crippen LogP) is 4.08. The molecule has 1 aliphatic heterocycles. The number of urea groups is 1. The largest absolute Gasteiger partial charge is 0.382 e. The lowest BCUT2D eigenvalue weighted by molar-refractivity contribution is -0.116. The van der Waals surface area contributed by atoms with Gasteiger partial charge < -0.3 is 21.3 Å². The number of benzene rings is 1. The third-order valence-electron chi connectivity index (χ3n) is 5.35. The first-order chi connectivity index (χ1) is 16.0. The highest BCUT2D eigenvalue weighted by molar-refractivity contribution is 7.23. The van der Waals surface area contributed by atoms with E-state index in [4.69, 9.17) is 10.7 Å². The van der Waals surface area contributed by atoms with Crippen molar-refractivity contribution in [3.63, 3.8) is 0 Å². The number of anilines is 3. The van der Waals surface area contributed by atoms with E-state index in [0.29, 0.717) is 22.2 Å². The van der Waals surface area contributed by atoms with Crippen LogP contribution in [0.15, 0.2) is 29.6 Å². The second-order valence-electron chi connectivity index (χ2n) is 7.76. The van der Waals surface area contributed by atoms with Gasteiger partial charge in [0.15, 0.2) is 5.13 Å². The molecule has 3 heterocycles. The number of likely N-dealkylation sites (tertiary alicyclic amines) is 1. The van der Waals surface area contributed by atoms with Crippen LogP contribution in [0.25, 0.3) is 21.1 Å². The normalized spacial score (nSPS) is 14.1. The van der Waals surface area contributed by atoms with Crippen molar-refractivity contribution in [1.82, 2.24) is 20.2 Å². The molecule has 11 heteroatoms. The number of rotatable bonds is 7. The number of carbonyl (C=O) groups excluding carboxylic acids is 2. The van der Waals surface area contributed by atoms with Crippen molar-refractivity contribution in [3.05, 3.63) is 29.6 Å². The summed E-state index contributed by atoms with van der Waals surface area (Å²) in [5.41, 5.74) is 8.48. The first kappa shape index (κ1) is 23.1. The van der Waals surface area contributed by atoms with Crippen LogP contribution in [0.1, 0.15) is 25.7 Å². The van der Waals surface area contributed by atoms with E-state index in [-0.39, 0.29) is 11.9 Å². The molecule has 1 fully saturated rings. The summed E-state index contributed by atoms with van der Waals surface area (Å²) in [6, 6.07) is 7.31. The number of thiazole rings is 2. The van der Waals surface area contributed by atoms with Gasteiger partial charge in [-0.25, -0.2) is 14.8 Å². The van der Waals surface area contributed by atoms with Gasteiger partial charge in [0.25, 0.3) is 0 Å². The fourth-order valence-corrected chi connectivity index (χ4v) is 5.44. The molecule has 9 nitrogen and oxygen atoms in total. The standard InChI is InChI=1S/C22H27N7O2S2/c1-24-21(31)28-22-27-19(23)18(33-22)20-26-16(13-32-20)14-6-5-7-15(12-14)25-17(30)8-11-29-9-3-2-4-10-29/h5-7,12-13H,2-4,8-11,23H2,1H3,(H,25,30)(H2,24,27,28,31). The molecule has 0 spiro atoms. The highest BCUT2D eigenvalue weighted by Gasteiger charge is 2.17. The smallest absolute Gasteiger partial charge is 0.320 e. The summed E-state index contributed by atoms with van der Waals surface area (Å²) in [4.78, 5) is 35.9. The number of aromatic nitrogens is 2. The average molecular weight is 486 g/mol. The van der Waals surface area contributed by atoms with Crippen LogP contribution in [0.2, 0.25) is 0 Å². The lowest BCUT2D eigenvalue weighted by Gasteiger charge is -2.25. The van der Waals surface area contributed by atoms with Gasteiger partial charge in [0.1, 0.15) is 15.7 Å². The quantitative estimate of drug-likeness (QED) is 0.400. The number of piperidine rings is 1. The van der Waals surface area contributed by atoms with E-state index in [1.54, 1.807) is 0 Å². The Balaban J connectivity index is 1.41. The van der Waals surface area contributed by atoms with Crippen LogP contribution in [-0.4, -0.2) is 53.5 Å². The summed E-state index contributed by atoms with van der Waals surface area (Å²) >= 11 is 2.72. The van der Waals surface area contributed by atoms with Gasteiger partial charge in [-0.15, -0.1) is 11.3 Å². The van der Waals surface area contributed by atoms with Crippen LogP contribution in [0.3, 0.4) is 0 Å². The SMILES string of the molecule is CNC(=O)Nc1nc(N)c(-c2nc(-c3cccc(NC(=O)CCN4CCCCC4)c3)cs2)s1. The molecule has 1 aliphatic rings. The second-order valence-corrected chi connectivity index (χ2v) is 9.61. The summed E-state index contributed by atoms with van der Waals surface area (Å²) in [6.07, 6.45) is 4.22. The first-order valence-corrected chi connectivity index (χ1v) is 12.5. The molecule has 3 aromatic rings. The second kappa shape index (κ2) is 10.7. The zero-order valence-corrected chi connectivity index (χ0v) is 20.0. The highest BCUT2D eigenvalue weighted by Crippen LogP contribution is 2.38. The Hall–Kier alpha value is -3.02. The maximum atomic E-state index is 12.4. The summed E-state index contributed by atoms with van der Waals surface area (Å²) in [5.74, 6) is 0.340. The maximum absolute atomic E-state index is 12.4. The van der Waals surface area contributed by atoms with Crippen molar-refractivity contribution in [2.45, 2.75) is 25.7 Å². The minimum Gasteiger partial charge on any atom is -0.382 e. The van der Waals surface area contributed by atoms with Gasteiger partial charge in [-0.2, -0.15) is 0 Å². The molecule has 3 amide bonds. The number of hydrogen-bond donors (Lipinski definition) is 4. The van der Waals surface area contributed by atoms with Crippen LogP contribution < -0.4 is 21.7 Å². The van der Waals surface area contributed by atoms with E-state index in [0.717, 1.165) is 41.6 Å². The summed E-state index contributed by atoms with van der Waals surface area (Å²) < 4.78 is 0. The van der Waals surface area contributed by atoms with Crippen LogP contribution in [0.4, 0.5) is 21.4 Å². The lowest BCUT2D eigenvalue weighted by atomic mass is 10.1. The molecule has 174 valence electrons. The molecule has 0 radical (unpaired) electrons. The number of nitrogens with zero attached hydrogens (tertiary/aromatic N) is 3. The molecule has 0 atom stereocenters. The summed E-state index contributed by atoms with van der Waals surface area (Å²) in [5, 5.41) is 11.2. The number of carbonyl (C=O) groups is 2. The number of nitrogens with one attached hydrogen (secondary N) is 3. The monoisotopic (exact) mass is 485 g/mol. The fourth-order valence-electron chi connectivity index (χ4n) is 3.63. The Morgan fingerprint density at radius 3 is 2.76 bits per heavy atom. The van der Waals surface area contributed by atoms with Gasteiger partial charge in [0.05, 0.1) is 5.69 Å². The molecular formula is C22H27N7O2S2. The zero-order valence-electron chi connectivity index (χ0n) is 18.4. The Labute approximate surface area is 200 Å². The van der Waals surface area contributed by atoms with Gasteiger partial charge in [0.2, 0.25) is 5.91 Å². The van der Waals surface area contributed by atoms with Crippen molar-refractivity contribution < 1.29 is 9.59 Å². The van der Waals surface area contributed by atoms with Crippen LogP contribution >= 0.6 is 22.7 Å². The average Bonchev–Trinajstić information content (AvgIpc) is 3.45. The summed E-state index contributed by atoms with van der Waals surface area (Å²) in [7, 11) is 1.53. The molecule has 0 bridgehead atoms. The molecule has 1 aromatic carbocycles. The van der Waals surface area contributed by atoms with Crippen molar-refractivity contribution in [2.24, 2.45) is 0 Å². The van der Waals surface area contributed by atoms with Gasteiger partial charge in [0, 0.05) is 36.6 Å². The van der Waals surface area contributed by atoms with E-state index < -0.39 is 0 Å². The highest BCUT2D eigenvalue weighted by atomic mass is 32.1. The lowest BCUT2D eigenvalue weighted by Crippen LogP contribution is -2.32. The van der Waals surface area contributed by atoms with E-state index in [1.165, 1.54) is 49.0 Å². The maximum Gasteiger partial charge on any atom is 0.320 e. The Morgan fingerprint density at radius 2 is 1.97 bits per heavy atom. The molecule has 4 rings (SSSR count). The topological polar surface area (TPSA) is 125 Å². The molecule has 5 N–H and O–H groups in total. The zero-order chi connectivity index (χ0) is 23.2. The van der Waals surface area contributed by atoms with E-state index >= 15 is 0 Å². The molecule has 0 saturated carbocycles. The molecule has 0 aliphatic carbocycles. The minimum atomic E-state index is -0.357. The van der Waals surface area contributed by atoms with Crippen molar-refractivity contribution in [2.75, 3.05) is 43.0 Å². The van der Waals surface area contributed by atoms with E-state index in [2.05, 4.69) is 25.8 Å². The van der Waals surface area contributed by atoms with Crippen LogP contribution in [-0.2, 0) is 4.79 Å². The van der Waals surface area contributed by atoms with Crippen molar-refractivity contribution in [1.29, 1.82) is 0 Å². The first-order valence-electron chi connectivity index (χ1n) is 10.9. The number of amides is 3. The Kier molecular flexibility index (Phi) is 7.53. The predicted molar refractivity (Wildman–Crippen MR) is 135 cm³/mol. The fraction of sp³-hybridized carbons (Fsp3) is 0.364. The van der Waals surface area contributed by atoms with Gasteiger partial charge in [-0.1, -0.05) is 29.9 Å². The van der Waals surface area contributed by atoms with Gasteiger partial charge >= 0.3 is 6.03 Å². The van der Waals surface area contributed by atoms with Crippen molar-refractivity contribution >= 4 is 51.2 Å². The van der Waals surface area contributed by atoms with E-state index in [9.17, 15) is 9.59 Å².